The molecule has 3 rings (SSSR count). The Labute approximate surface area is 131 Å². The molecule has 2 fully saturated rings. The van der Waals surface area contributed by atoms with Gasteiger partial charge in [0.05, 0.1) is 6.54 Å². The lowest BCUT2D eigenvalue weighted by molar-refractivity contribution is -0.131. The maximum absolute atomic E-state index is 12.8. The summed E-state index contributed by atoms with van der Waals surface area (Å²) in [6.07, 6.45) is 5.97. The Bertz CT molecular complexity index is 516. The van der Waals surface area contributed by atoms with Crippen molar-refractivity contribution in [3.05, 3.63) is 30.1 Å². The van der Waals surface area contributed by atoms with Crippen LogP contribution in [0.25, 0.3) is 0 Å². The summed E-state index contributed by atoms with van der Waals surface area (Å²) in [7, 11) is 1.84. The number of benzene rings is 1. The molecule has 1 aromatic carbocycles. The molecule has 0 N–H and O–H groups in total. The Morgan fingerprint density at radius 1 is 1.27 bits per heavy atom. The third kappa shape index (κ3) is 3.60. The van der Waals surface area contributed by atoms with E-state index in [1.165, 1.54) is 37.8 Å². The van der Waals surface area contributed by atoms with E-state index in [4.69, 9.17) is 4.74 Å². The number of amides is 1. The lowest BCUT2D eigenvalue weighted by Gasteiger charge is -2.24. The zero-order valence-electron chi connectivity index (χ0n) is 13.1. The van der Waals surface area contributed by atoms with Gasteiger partial charge in [-0.05, 0) is 61.3 Å². The molecule has 22 heavy (non-hydrogen) atoms. The van der Waals surface area contributed by atoms with Gasteiger partial charge >= 0.3 is 0 Å². The fourth-order valence-corrected chi connectivity index (χ4v) is 3.96. The molecule has 2 aliphatic carbocycles. The molecule has 3 atom stereocenters. The van der Waals surface area contributed by atoms with E-state index >= 15 is 0 Å². The number of hydrogen-bond acceptors (Lipinski definition) is 2. The molecule has 0 saturated heterocycles. The van der Waals surface area contributed by atoms with Crippen LogP contribution in [0.1, 0.15) is 32.1 Å². The summed E-state index contributed by atoms with van der Waals surface area (Å²) in [4.78, 5) is 14.0. The maximum Gasteiger partial charge on any atom is 0.222 e. The highest BCUT2D eigenvalue weighted by Gasteiger charge is 2.40. The summed E-state index contributed by atoms with van der Waals surface area (Å²) in [5.41, 5.74) is 0. The maximum atomic E-state index is 12.8. The van der Waals surface area contributed by atoms with E-state index in [2.05, 4.69) is 0 Å². The van der Waals surface area contributed by atoms with Gasteiger partial charge in [0.1, 0.15) is 18.2 Å². The topological polar surface area (TPSA) is 29.5 Å². The van der Waals surface area contributed by atoms with Gasteiger partial charge < -0.3 is 9.64 Å². The van der Waals surface area contributed by atoms with E-state index in [0.717, 1.165) is 11.8 Å². The number of halogens is 1. The first-order valence-corrected chi connectivity index (χ1v) is 8.24. The van der Waals surface area contributed by atoms with Gasteiger partial charge in [0.25, 0.3) is 0 Å². The zero-order chi connectivity index (χ0) is 15.5. The summed E-state index contributed by atoms with van der Waals surface area (Å²) in [6.45, 7) is 1.00. The number of carbonyl (C=O) groups excluding carboxylic acids is 1. The van der Waals surface area contributed by atoms with Crippen LogP contribution in [0.4, 0.5) is 4.39 Å². The van der Waals surface area contributed by atoms with Crippen LogP contribution in [-0.2, 0) is 4.79 Å². The molecule has 0 radical (unpaired) electrons. The van der Waals surface area contributed by atoms with Crippen molar-refractivity contribution in [3.8, 4) is 5.75 Å². The molecule has 0 heterocycles. The molecule has 1 amide bonds. The van der Waals surface area contributed by atoms with Crippen LogP contribution in [0.3, 0.4) is 0 Å². The van der Waals surface area contributed by atoms with Gasteiger partial charge in [-0.25, -0.2) is 4.39 Å². The summed E-state index contributed by atoms with van der Waals surface area (Å²) < 4.78 is 18.3. The SMILES string of the molecule is CN(CCOc1ccc(F)cc1)C(=O)CC1CC2CCC1C2. The van der Waals surface area contributed by atoms with Gasteiger partial charge in [-0.1, -0.05) is 6.42 Å². The second kappa shape index (κ2) is 6.67. The highest BCUT2D eigenvalue weighted by Crippen LogP contribution is 2.49. The van der Waals surface area contributed by atoms with Crippen molar-refractivity contribution < 1.29 is 13.9 Å². The van der Waals surface area contributed by atoms with E-state index < -0.39 is 0 Å². The van der Waals surface area contributed by atoms with Crippen LogP contribution >= 0.6 is 0 Å². The van der Waals surface area contributed by atoms with Gasteiger partial charge in [0.2, 0.25) is 5.91 Å². The van der Waals surface area contributed by atoms with Crippen LogP contribution in [-0.4, -0.2) is 31.0 Å². The standard InChI is InChI=1S/C18H24FNO2/c1-20(8-9-22-17-6-4-16(19)5-7-17)18(21)12-15-11-13-2-3-14(15)10-13/h4-7,13-15H,2-3,8-12H2,1H3. The molecular weight excluding hydrogens is 281 g/mol. The minimum absolute atomic E-state index is 0.222. The minimum Gasteiger partial charge on any atom is -0.492 e. The fourth-order valence-electron chi connectivity index (χ4n) is 3.96. The van der Waals surface area contributed by atoms with Gasteiger partial charge in [-0.15, -0.1) is 0 Å². The minimum atomic E-state index is -0.273. The summed E-state index contributed by atoms with van der Waals surface area (Å²) in [5, 5.41) is 0. The molecule has 1 aromatic rings. The number of hydrogen-bond donors (Lipinski definition) is 0. The number of rotatable bonds is 6. The highest BCUT2D eigenvalue weighted by atomic mass is 19.1. The highest BCUT2D eigenvalue weighted by molar-refractivity contribution is 5.76. The third-order valence-electron chi connectivity index (χ3n) is 5.26. The Kier molecular flexibility index (Phi) is 4.65. The third-order valence-corrected chi connectivity index (χ3v) is 5.26. The van der Waals surface area contributed by atoms with E-state index in [0.29, 0.717) is 31.2 Å². The van der Waals surface area contributed by atoms with Crippen LogP contribution < -0.4 is 4.74 Å². The average molecular weight is 305 g/mol. The molecule has 2 aliphatic rings. The van der Waals surface area contributed by atoms with Crippen LogP contribution in [0.5, 0.6) is 5.75 Å². The molecule has 120 valence electrons. The first-order chi connectivity index (χ1) is 10.6. The van der Waals surface area contributed by atoms with Gasteiger partial charge in [0.15, 0.2) is 0 Å². The predicted octanol–water partition coefficient (Wildman–Crippen LogP) is 3.49. The van der Waals surface area contributed by atoms with Crippen molar-refractivity contribution >= 4 is 5.91 Å². The van der Waals surface area contributed by atoms with E-state index in [1.54, 1.807) is 17.0 Å². The molecule has 2 saturated carbocycles. The van der Waals surface area contributed by atoms with Crippen molar-refractivity contribution in [1.29, 1.82) is 0 Å². The van der Waals surface area contributed by atoms with E-state index in [-0.39, 0.29) is 11.7 Å². The monoisotopic (exact) mass is 305 g/mol. The molecule has 3 nitrogen and oxygen atoms in total. The zero-order valence-corrected chi connectivity index (χ0v) is 13.1. The van der Waals surface area contributed by atoms with E-state index in [1.807, 2.05) is 7.05 Å². The Morgan fingerprint density at radius 2 is 2.05 bits per heavy atom. The molecular formula is C18H24FNO2. The second-order valence-electron chi connectivity index (χ2n) is 6.76. The van der Waals surface area contributed by atoms with Gasteiger partial charge in [-0.2, -0.15) is 0 Å². The largest absolute Gasteiger partial charge is 0.492 e. The Balaban J connectivity index is 1.38. The molecule has 0 aromatic heterocycles. The Hall–Kier alpha value is -1.58. The smallest absolute Gasteiger partial charge is 0.222 e. The Morgan fingerprint density at radius 3 is 2.68 bits per heavy atom. The predicted molar refractivity (Wildman–Crippen MR) is 83.1 cm³/mol. The molecule has 4 heteroatoms. The number of ether oxygens (including phenoxy) is 1. The van der Waals surface area contributed by atoms with Crippen molar-refractivity contribution in [2.24, 2.45) is 17.8 Å². The number of nitrogens with zero attached hydrogens (tertiary/aromatic N) is 1. The first-order valence-electron chi connectivity index (χ1n) is 8.24. The second-order valence-corrected chi connectivity index (χ2v) is 6.76. The quantitative estimate of drug-likeness (QED) is 0.805. The summed E-state index contributed by atoms with van der Waals surface area (Å²) in [6, 6.07) is 5.96. The first kappa shape index (κ1) is 15.3. The van der Waals surface area contributed by atoms with Gasteiger partial charge in [-0.3, -0.25) is 4.79 Å². The number of likely N-dealkylation sites (N-methyl/N-ethyl adjacent to an activating group) is 1. The lowest BCUT2D eigenvalue weighted by Crippen LogP contribution is -2.33. The summed E-state index contributed by atoms with van der Waals surface area (Å²) in [5.74, 6) is 2.86. The molecule has 2 bridgehead atoms. The molecule has 3 unspecified atom stereocenters. The normalized spacial score (nSPS) is 26.2. The molecule has 0 spiro atoms. The van der Waals surface area contributed by atoms with Crippen molar-refractivity contribution in [3.63, 3.8) is 0 Å². The van der Waals surface area contributed by atoms with Crippen molar-refractivity contribution in [1.82, 2.24) is 4.90 Å². The van der Waals surface area contributed by atoms with Gasteiger partial charge in [0, 0.05) is 13.5 Å². The van der Waals surface area contributed by atoms with E-state index in [9.17, 15) is 9.18 Å². The van der Waals surface area contributed by atoms with Crippen LogP contribution in [0, 0.1) is 23.6 Å². The van der Waals surface area contributed by atoms with Crippen LogP contribution in [0.15, 0.2) is 24.3 Å². The lowest BCUT2D eigenvalue weighted by atomic mass is 9.86. The number of fused-ring (bicyclic) bond motifs is 2. The fraction of sp³-hybridized carbons (Fsp3) is 0.611. The average Bonchev–Trinajstić information content (AvgIpc) is 3.11. The number of carbonyl (C=O) groups is 1. The summed E-state index contributed by atoms with van der Waals surface area (Å²) >= 11 is 0. The molecule has 0 aliphatic heterocycles. The van der Waals surface area contributed by atoms with Crippen molar-refractivity contribution in [2.45, 2.75) is 32.1 Å². The van der Waals surface area contributed by atoms with Crippen molar-refractivity contribution in [2.75, 3.05) is 20.2 Å². The van der Waals surface area contributed by atoms with Crippen LogP contribution in [0.2, 0.25) is 0 Å².